The van der Waals surface area contributed by atoms with Crippen LogP contribution in [0.5, 0.6) is 0 Å². The third kappa shape index (κ3) is 4.66. The third-order valence-corrected chi connectivity index (χ3v) is 4.26. The van der Waals surface area contributed by atoms with Gasteiger partial charge in [-0.05, 0) is 32.3 Å². The second kappa shape index (κ2) is 8.57. The summed E-state index contributed by atoms with van der Waals surface area (Å²) in [4.78, 5) is 31.8. The molecule has 1 saturated heterocycles. The molecule has 1 aliphatic rings. The van der Waals surface area contributed by atoms with Crippen LogP contribution in [0.25, 0.3) is 0 Å². The van der Waals surface area contributed by atoms with Gasteiger partial charge in [-0.15, -0.1) is 0 Å². The normalized spacial score (nSPS) is 14.6. The number of carbonyl (C=O) groups excluding carboxylic acids is 1. The second-order valence-electron chi connectivity index (χ2n) is 6.46. The number of amides is 1. The molecule has 138 valence electrons. The van der Waals surface area contributed by atoms with Crippen LogP contribution in [-0.2, 0) is 0 Å². The summed E-state index contributed by atoms with van der Waals surface area (Å²) in [6, 6.07) is 7.59. The lowest BCUT2D eigenvalue weighted by Crippen LogP contribution is -2.47. The topological polar surface area (TPSA) is 77.5 Å². The van der Waals surface area contributed by atoms with Gasteiger partial charge in [-0.25, -0.2) is 15.0 Å². The van der Waals surface area contributed by atoms with Crippen LogP contribution in [0.2, 0.25) is 0 Å². The number of likely N-dealkylation sites (N-methyl/N-ethyl adjacent to an activating group) is 1. The Labute approximate surface area is 153 Å². The lowest BCUT2D eigenvalue weighted by molar-refractivity contribution is 0.0946. The average molecular weight is 355 g/mol. The zero-order valence-corrected chi connectivity index (χ0v) is 15.3. The summed E-state index contributed by atoms with van der Waals surface area (Å²) >= 11 is 0. The monoisotopic (exact) mass is 355 g/mol. The fourth-order valence-corrected chi connectivity index (χ4v) is 2.79. The summed E-state index contributed by atoms with van der Waals surface area (Å²) in [6.07, 6.45) is 3.46. The Balaban J connectivity index is 1.58. The molecule has 0 aliphatic carbocycles. The van der Waals surface area contributed by atoms with Crippen molar-refractivity contribution in [2.75, 3.05) is 63.2 Å². The van der Waals surface area contributed by atoms with Gasteiger partial charge in [0.25, 0.3) is 5.91 Å². The van der Waals surface area contributed by atoms with Gasteiger partial charge in [-0.2, -0.15) is 0 Å². The summed E-state index contributed by atoms with van der Waals surface area (Å²) < 4.78 is 0. The van der Waals surface area contributed by atoms with Gasteiger partial charge in [-0.3, -0.25) is 4.79 Å². The van der Waals surface area contributed by atoms with E-state index in [1.54, 1.807) is 12.3 Å². The lowest BCUT2D eigenvalue weighted by atomic mass is 10.3. The molecule has 8 nitrogen and oxygen atoms in total. The predicted molar refractivity (Wildman–Crippen MR) is 102 cm³/mol. The highest BCUT2D eigenvalue weighted by molar-refractivity contribution is 5.92. The van der Waals surface area contributed by atoms with Gasteiger partial charge in [0.05, 0.1) is 0 Å². The summed E-state index contributed by atoms with van der Waals surface area (Å²) in [5.74, 6) is 1.43. The SMILES string of the molecule is CN(C)CCNC(=O)c1ccnc(N2CCN(c3ccccn3)CC2)n1. The van der Waals surface area contributed by atoms with E-state index in [1.807, 2.05) is 43.4 Å². The van der Waals surface area contributed by atoms with Crippen LogP contribution in [0.15, 0.2) is 36.7 Å². The molecule has 0 bridgehead atoms. The number of aromatic nitrogens is 3. The maximum absolute atomic E-state index is 12.2. The van der Waals surface area contributed by atoms with Crippen LogP contribution in [0.1, 0.15) is 10.5 Å². The zero-order chi connectivity index (χ0) is 18.4. The number of piperazine rings is 1. The molecule has 2 aromatic heterocycles. The van der Waals surface area contributed by atoms with E-state index >= 15 is 0 Å². The van der Waals surface area contributed by atoms with Crippen molar-refractivity contribution < 1.29 is 4.79 Å². The zero-order valence-electron chi connectivity index (χ0n) is 15.3. The highest BCUT2D eigenvalue weighted by Gasteiger charge is 2.20. The molecule has 0 saturated carbocycles. The number of rotatable bonds is 6. The van der Waals surface area contributed by atoms with Crippen molar-refractivity contribution in [3.63, 3.8) is 0 Å². The highest BCUT2D eigenvalue weighted by atomic mass is 16.1. The summed E-state index contributed by atoms with van der Waals surface area (Å²) in [5, 5.41) is 2.88. The van der Waals surface area contributed by atoms with Gasteiger partial charge in [0.2, 0.25) is 5.95 Å². The van der Waals surface area contributed by atoms with Crippen molar-refractivity contribution in [2.45, 2.75) is 0 Å². The van der Waals surface area contributed by atoms with E-state index in [4.69, 9.17) is 0 Å². The minimum atomic E-state index is -0.164. The average Bonchev–Trinajstić information content (AvgIpc) is 2.68. The first-order chi connectivity index (χ1) is 12.6. The summed E-state index contributed by atoms with van der Waals surface area (Å²) in [5.41, 5.74) is 0.404. The van der Waals surface area contributed by atoms with Crippen LogP contribution in [0, 0.1) is 0 Å². The van der Waals surface area contributed by atoms with Crippen molar-refractivity contribution in [3.05, 3.63) is 42.4 Å². The molecule has 1 aliphatic heterocycles. The van der Waals surface area contributed by atoms with Gasteiger partial charge < -0.3 is 20.0 Å². The molecule has 0 radical (unpaired) electrons. The van der Waals surface area contributed by atoms with Crippen LogP contribution in [0.4, 0.5) is 11.8 Å². The second-order valence-corrected chi connectivity index (χ2v) is 6.46. The van der Waals surface area contributed by atoms with Gasteiger partial charge in [-0.1, -0.05) is 6.07 Å². The minimum absolute atomic E-state index is 0.164. The van der Waals surface area contributed by atoms with Gasteiger partial charge >= 0.3 is 0 Å². The summed E-state index contributed by atoms with van der Waals surface area (Å²) in [7, 11) is 3.94. The molecule has 0 aromatic carbocycles. The smallest absolute Gasteiger partial charge is 0.270 e. The Morgan fingerprint density at radius 2 is 1.85 bits per heavy atom. The van der Waals surface area contributed by atoms with E-state index in [2.05, 4.69) is 30.1 Å². The van der Waals surface area contributed by atoms with E-state index in [0.717, 1.165) is 38.5 Å². The number of hydrogen-bond acceptors (Lipinski definition) is 7. The fraction of sp³-hybridized carbons (Fsp3) is 0.444. The van der Waals surface area contributed by atoms with Crippen molar-refractivity contribution in [1.29, 1.82) is 0 Å². The molecule has 0 atom stereocenters. The predicted octanol–water partition coefficient (Wildman–Crippen LogP) is 0.490. The molecule has 2 aromatic rings. The van der Waals surface area contributed by atoms with Crippen molar-refractivity contribution >= 4 is 17.7 Å². The molecule has 3 heterocycles. The Morgan fingerprint density at radius 3 is 2.54 bits per heavy atom. The van der Waals surface area contributed by atoms with Crippen molar-refractivity contribution in [2.24, 2.45) is 0 Å². The minimum Gasteiger partial charge on any atom is -0.353 e. The number of pyridine rings is 1. The first-order valence-electron chi connectivity index (χ1n) is 8.80. The van der Waals surface area contributed by atoms with Crippen molar-refractivity contribution in [1.82, 2.24) is 25.2 Å². The number of hydrogen-bond donors (Lipinski definition) is 1. The van der Waals surface area contributed by atoms with E-state index in [1.165, 1.54) is 0 Å². The van der Waals surface area contributed by atoms with Crippen LogP contribution >= 0.6 is 0 Å². The quantitative estimate of drug-likeness (QED) is 0.808. The lowest BCUT2D eigenvalue weighted by Gasteiger charge is -2.35. The maximum atomic E-state index is 12.2. The Bertz CT molecular complexity index is 714. The number of anilines is 2. The molecule has 1 amide bonds. The molecule has 3 rings (SSSR count). The van der Waals surface area contributed by atoms with Gasteiger partial charge in [0.15, 0.2) is 0 Å². The van der Waals surface area contributed by atoms with E-state index in [9.17, 15) is 4.79 Å². The standard InChI is InChI=1S/C18H25N7O/c1-23(2)10-9-20-17(26)15-6-8-21-18(22-15)25-13-11-24(12-14-25)16-5-3-4-7-19-16/h3-8H,9-14H2,1-2H3,(H,20,26). The molecule has 1 fully saturated rings. The first kappa shape index (κ1) is 18.1. The molecule has 1 N–H and O–H groups in total. The third-order valence-electron chi connectivity index (χ3n) is 4.26. The Morgan fingerprint density at radius 1 is 1.08 bits per heavy atom. The summed E-state index contributed by atoms with van der Waals surface area (Å²) in [6.45, 7) is 4.66. The molecular weight excluding hydrogens is 330 g/mol. The number of nitrogens with zero attached hydrogens (tertiary/aromatic N) is 6. The molecule has 8 heteroatoms. The Kier molecular flexibility index (Phi) is 5.96. The van der Waals surface area contributed by atoms with Gasteiger partial charge in [0.1, 0.15) is 11.5 Å². The molecule has 0 unspecified atom stereocenters. The van der Waals surface area contributed by atoms with Crippen LogP contribution in [-0.4, -0.2) is 79.1 Å². The highest BCUT2D eigenvalue weighted by Crippen LogP contribution is 2.16. The van der Waals surface area contributed by atoms with Crippen LogP contribution < -0.4 is 15.1 Å². The largest absolute Gasteiger partial charge is 0.353 e. The molecule has 0 spiro atoms. The molecule has 26 heavy (non-hydrogen) atoms. The number of carbonyl (C=O) groups is 1. The van der Waals surface area contributed by atoms with Crippen LogP contribution in [0.3, 0.4) is 0 Å². The van der Waals surface area contributed by atoms with Crippen molar-refractivity contribution in [3.8, 4) is 0 Å². The fourth-order valence-electron chi connectivity index (χ4n) is 2.79. The number of nitrogens with one attached hydrogen (secondary N) is 1. The first-order valence-corrected chi connectivity index (χ1v) is 8.80. The maximum Gasteiger partial charge on any atom is 0.270 e. The molecular formula is C18H25N7O. The van der Waals surface area contributed by atoms with E-state index in [-0.39, 0.29) is 5.91 Å². The van der Waals surface area contributed by atoms with Gasteiger partial charge in [0, 0.05) is 51.7 Å². The van der Waals surface area contributed by atoms with E-state index in [0.29, 0.717) is 18.2 Å². The van der Waals surface area contributed by atoms with E-state index < -0.39 is 0 Å². The Hall–Kier alpha value is -2.74.